The van der Waals surface area contributed by atoms with E-state index in [1.54, 1.807) is 30.3 Å². The number of fused-ring (bicyclic) bond motifs is 1. The largest absolute Gasteiger partial charge is 0.411 e. The lowest BCUT2D eigenvalue weighted by Gasteiger charge is -2.38. The van der Waals surface area contributed by atoms with Crippen molar-refractivity contribution in [3.05, 3.63) is 106 Å². The molecular weight excluding hydrogens is 472 g/mol. The summed E-state index contributed by atoms with van der Waals surface area (Å²) in [6, 6.07) is 14.1. The zero-order valence-corrected chi connectivity index (χ0v) is 18.0. The average Bonchev–Trinajstić information content (AvgIpc) is 3.01. The van der Waals surface area contributed by atoms with E-state index in [9.17, 15) is 35.9 Å². The van der Waals surface area contributed by atoms with Crippen molar-refractivity contribution in [3.63, 3.8) is 0 Å². The summed E-state index contributed by atoms with van der Waals surface area (Å²) < 4.78 is 87.1. The second-order valence-corrected chi connectivity index (χ2v) is 7.87. The molecule has 0 N–H and O–H groups in total. The summed E-state index contributed by atoms with van der Waals surface area (Å²) in [4.78, 5) is 25.1. The monoisotopic (exact) mass is 487 g/mol. The van der Waals surface area contributed by atoms with Gasteiger partial charge in [-0.3, -0.25) is 14.5 Å². The molecular formula is C26H15F6NO2. The van der Waals surface area contributed by atoms with Crippen LogP contribution in [0.1, 0.15) is 43.0 Å². The third-order valence-electron chi connectivity index (χ3n) is 5.79. The van der Waals surface area contributed by atoms with E-state index in [1.165, 1.54) is 6.07 Å². The lowest BCUT2D eigenvalue weighted by Crippen LogP contribution is -2.54. The Hall–Kier alpha value is -4.06. The molecule has 1 aliphatic heterocycles. The van der Waals surface area contributed by atoms with Gasteiger partial charge >= 0.3 is 12.4 Å². The minimum atomic E-state index is -5.84. The predicted molar refractivity (Wildman–Crippen MR) is 115 cm³/mol. The Kier molecular flexibility index (Phi) is 5.71. The minimum absolute atomic E-state index is 0.0589. The minimum Gasteiger partial charge on any atom is -0.277 e. The molecule has 1 heterocycles. The molecule has 0 bridgehead atoms. The number of imide groups is 1. The van der Waals surface area contributed by atoms with Gasteiger partial charge in [0.2, 0.25) is 5.41 Å². The number of hydrogen-bond acceptors (Lipinski definition) is 2. The van der Waals surface area contributed by atoms with E-state index in [2.05, 4.69) is 11.8 Å². The smallest absolute Gasteiger partial charge is 0.277 e. The van der Waals surface area contributed by atoms with Crippen molar-refractivity contribution in [1.29, 1.82) is 0 Å². The van der Waals surface area contributed by atoms with Crippen molar-refractivity contribution in [2.75, 3.05) is 7.05 Å². The second-order valence-electron chi connectivity index (χ2n) is 7.87. The number of rotatable bonds is 2. The SMILES string of the molecule is CN1C(=O)c2ccc(C(c3cccc(C#Cc4ccccc4)c3)(C(F)(F)F)C(F)(F)F)cc2C1=O. The summed E-state index contributed by atoms with van der Waals surface area (Å²) in [5.41, 5.74) is -7.11. The van der Waals surface area contributed by atoms with Crippen LogP contribution in [0.25, 0.3) is 0 Å². The van der Waals surface area contributed by atoms with Crippen LogP contribution >= 0.6 is 0 Å². The first-order chi connectivity index (χ1) is 16.4. The van der Waals surface area contributed by atoms with E-state index >= 15 is 0 Å². The number of hydrogen-bond donors (Lipinski definition) is 0. The average molecular weight is 487 g/mol. The van der Waals surface area contributed by atoms with Gasteiger partial charge in [0, 0.05) is 18.2 Å². The Morgan fingerprint density at radius 1 is 0.629 bits per heavy atom. The molecule has 3 aromatic carbocycles. The number of carbonyl (C=O) groups excluding carboxylic acids is 2. The van der Waals surface area contributed by atoms with Crippen LogP contribution in [-0.2, 0) is 5.41 Å². The normalized spacial score (nSPS) is 14.0. The van der Waals surface area contributed by atoms with Gasteiger partial charge < -0.3 is 0 Å². The van der Waals surface area contributed by atoms with Gasteiger partial charge in [0.05, 0.1) is 11.1 Å². The summed E-state index contributed by atoms with van der Waals surface area (Å²) in [7, 11) is 1.10. The lowest BCUT2D eigenvalue weighted by atomic mass is 9.72. The van der Waals surface area contributed by atoms with E-state index in [0.29, 0.717) is 22.6 Å². The van der Waals surface area contributed by atoms with Gasteiger partial charge in [-0.1, -0.05) is 48.2 Å². The van der Waals surface area contributed by atoms with Gasteiger partial charge in [0.25, 0.3) is 11.8 Å². The first-order valence-electron chi connectivity index (χ1n) is 10.2. The van der Waals surface area contributed by atoms with E-state index in [1.807, 2.05) is 0 Å². The molecule has 9 heteroatoms. The highest BCUT2D eigenvalue weighted by molar-refractivity contribution is 6.21. The molecule has 0 saturated heterocycles. The Morgan fingerprint density at radius 2 is 1.17 bits per heavy atom. The molecule has 4 rings (SSSR count). The van der Waals surface area contributed by atoms with Crippen molar-refractivity contribution in [1.82, 2.24) is 4.90 Å². The zero-order valence-electron chi connectivity index (χ0n) is 18.0. The Morgan fingerprint density at radius 3 is 1.80 bits per heavy atom. The van der Waals surface area contributed by atoms with Crippen LogP contribution in [0.2, 0.25) is 0 Å². The molecule has 1 aliphatic rings. The number of nitrogens with zero attached hydrogens (tertiary/aromatic N) is 1. The summed E-state index contributed by atoms with van der Waals surface area (Å²) in [6.07, 6.45) is -11.7. The Balaban J connectivity index is 1.95. The van der Waals surface area contributed by atoms with Crippen LogP contribution < -0.4 is 0 Å². The van der Waals surface area contributed by atoms with Crippen molar-refractivity contribution in [2.45, 2.75) is 17.8 Å². The fourth-order valence-corrected chi connectivity index (χ4v) is 4.07. The number of alkyl halides is 6. The van der Waals surface area contributed by atoms with Crippen LogP contribution in [-0.4, -0.2) is 36.1 Å². The molecule has 2 amide bonds. The van der Waals surface area contributed by atoms with E-state index in [4.69, 9.17) is 0 Å². The highest BCUT2D eigenvalue weighted by atomic mass is 19.4. The number of benzene rings is 3. The fraction of sp³-hybridized carbons (Fsp3) is 0.154. The van der Waals surface area contributed by atoms with Gasteiger partial charge in [-0.25, -0.2) is 0 Å². The highest BCUT2D eigenvalue weighted by Crippen LogP contribution is 2.56. The molecule has 0 spiro atoms. The third kappa shape index (κ3) is 3.85. The molecule has 178 valence electrons. The van der Waals surface area contributed by atoms with Gasteiger partial charge in [0.15, 0.2) is 0 Å². The van der Waals surface area contributed by atoms with Gasteiger partial charge in [-0.05, 0) is 47.5 Å². The highest BCUT2D eigenvalue weighted by Gasteiger charge is 2.72. The Labute approximate surface area is 196 Å². The van der Waals surface area contributed by atoms with Crippen LogP contribution in [0.5, 0.6) is 0 Å². The maximum Gasteiger partial charge on any atom is 0.411 e. The molecule has 0 aromatic heterocycles. The molecule has 0 unspecified atom stereocenters. The standard InChI is InChI=1S/C26H15F6NO2/c1-33-22(34)20-13-12-19(15-21(20)23(33)35)24(25(27,28)29,26(30,31)32)18-9-5-8-17(14-18)11-10-16-6-3-2-4-7-16/h2-9,12-15H,1H3. The molecule has 0 saturated carbocycles. The summed E-state index contributed by atoms with van der Waals surface area (Å²) >= 11 is 0. The van der Waals surface area contributed by atoms with Crippen LogP contribution in [0, 0.1) is 11.8 Å². The van der Waals surface area contributed by atoms with Gasteiger partial charge in [0.1, 0.15) is 0 Å². The number of halogens is 6. The second kappa shape index (κ2) is 8.31. The summed E-state index contributed by atoms with van der Waals surface area (Å²) in [5.74, 6) is 3.52. The number of carbonyl (C=O) groups is 2. The first kappa shape index (κ1) is 24.1. The van der Waals surface area contributed by atoms with Crippen LogP contribution in [0.4, 0.5) is 26.3 Å². The van der Waals surface area contributed by atoms with Gasteiger partial charge in [-0.2, -0.15) is 26.3 Å². The van der Waals surface area contributed by atoms with E-state index in [0.717, 1.165) is 31.3 Å². The first-order valence-corrected chi connectivity index (χ1v) is 10.2. The molecule has 3 aromatic rings. The predicted octanol–water partition coefficient (Wildman–Crippen LogP) is 5.72. The van der Waals surface area contributed by atoms with Crippen molar-refractivity contribution in [2.24, 2.45) is 0 Å². The topological polar surface area (TPSA) is 37.4 Å². The Bertz CT molecular complexity index is 1370. The van der Waals surface area contributed by atoms with Crippen LogP contribution in [0.3, 0.4) is 0 Å². The molecule has 35 heavy (non-hydrogen) atoms. The van der Waals surface area contributed by atoms with Gasteiger partial charge in [-0.15, -0.1) is 0 Å². The van der Waals surface area contributed by atoms with Crippen molar-refractivity contribution in [3.8, 4) is 11.8 Å². The van der Waals surface area contributed by atoms with E-state index in [-0.39, 0.29) is 11.1 Å². The third-order valence-corrected chi connectivity index (χ3v) is 5.79. The summed E-state index contributed by atoms with van der Waals surface area (Å²) in [6.45, 7) is 0. The fourth-order valence-electron chi connectivity index (χ4n) is 4.07. The van der Waals surface area contributed by atoms with E-state index < -0.39 is 46.3 Å². The van der Waals surface area contributed by atoms with Crippen molar-refractivity contribution < 1.29 is 35.9 Å². The zero-order chi connectivity index (χ0) is 25.6. The molecule has 0 aliphatic carbocycles. The number of amides is 2. The summed E-state index contributed by atoms with van der Waals surface area (Å²) in [5, 5.41) is 0. The maximum absolute atomic E-state index is 14.5. The lowest BCUT2D eigenvalue weighted by molar-refractivity contribution is -0.288. The molecule has 0 radical (unpaired) electrons. The maximum atomic E-state index is 14.5. The van der Waals surface area contributed by atoms with Crippen molar-refractivity contribution >= 4 is 11.8 Å². The van der Waals surface area contributed by atoms with Crippen LogP contribution in [0.15, 0.2) is 72.8 Å². The molecule has 3 nitrogen and oxygen atoms in total. The molecule has 0 atom stereocenters. The molecule has 0 fully saturated rings. The quantitative estimate of drug-likeness (QED) is 0.263.